The van der Waals surface area contributed by atoms with E-state index in [4.69, 9.17) is 10.0 Å². The zero-order chi connectivity index (χ0) is 6.95. The fourth-order valence-electron chi connectivity index (χ4n) is 0.331. The van der Waals surface area contributed by atoms with Gasteiger partial charge in [-0.3, -0.25) is 0 Å². The van der Waals surface area contributed by atoms with E-state index in [1.54, 1.807) is 0 Å². The van der Waals surface area contributed by atoms with E-state index in [0.717, 1.165) is 0 Å². The first-order valence-electron chi connectivity index (χ1n) is 2.57. The molecule has 0 aliphatic carbocycles. The van der Waals surface area contributed by atoms with Crippen molar-refractivity contribution in [3.63, 3.8) is 0 Å². The van der Waals surface area contributed by atoms with Gasteiger partial charge in [0.1, 0.15) is 0 Å². The third-order valence-electron chi connectivity index (χ3n) is 0.673. The van der Waals surface area contributed by atoms with E-state index >= 15 is 0 Å². The molecular formula is C3H8B2O4. The molecule has 6 heteroatoms. The van der Waals surface area contributed by atoms with Crippen LogP contribution in [0, 0.1) is 0 Å². The molecule has 0 atom stereocenters. The second-order valence-corrected chi connectivity index (χ2v) is 1.31. The Labute approximate surface area is 55.4 Å². The minimum Gasteiger partial charge on any atom is -0.429 e. The van der Waals surface area contributed by atoms with Gasteiger partial charge >= 0.3 is 15.4 Å². The van der Waals surface area contributed by atoms with Crippen LogP contribution in [0.3, 0.4) is 0 Å². The van der Waals surface area contributed by atoms with Crippen molar-refractivity contribution in [1.82, 2.24) is 0 Å². The Kier molecular flexibility index (Phi) is 7.94. The average molecular weight is 130 g/mol. The summed E-state index contributed by atoms with van der Waals surface area (Å²) in [4.78, 5) is 0. The van der Waals surface area contributed by atoms with Crippen LogP contribution in [0.5, 0.6) is 0 Å². The summed E-state index contributed by atoms with van der Waals surface area (Å²) in [5.74, 6) is 0. The first kappa shape index (κ1) is 8.97. The van der Waals surface area contributed by atoms with Gasteiger partial charge in [-0.15, -0.1) is 0 Å². The smallest absolute Gasteiger partial charge is 0.429 e. The molecule has 0 heterocycles. The van der Waals surface area contributed by atoms with Gasteiger partial charge in [0, 0.05) is 13.2 Å². The molecule has 0 rings (SSSR count). The van der Waals surface area contributed by atoms with Gasteiger partial charge in [-0.25, -0.2) is 0 Å². The van der Waals surface area contributed by atoms with E-state index in [2.05, 4.69) is 9.31 Å². The lowest BCUT2D eigenvalue weighted by Crippen LogP contribution is -2.05. The molecule has 0 spiro atoms. The van der Waals surface area contributed by atoms with Gasteiger partial charge < -0.3 is 19.4 Å². The number of hydrogen-bond donors (Lipinski definition) is 2. The van der Waals surface area contributed by atoms with Crippen molar-refractivity contribution < 1.29 is 19.4 Å². The van der Waals surface area contributed by atoms with Gasteiger partial charge in [-0.1, -0.05) is 0 Å². The van der Waals surface area contributed by atoms with Crippen LogP contribution in [0.15, 0.2) is 0 Å². The van der Waals surface area contributed by atoms with Crippen LogP contribution in [0.2, 0.25) is 0 Å². The molecule has 50 valence electrons. The van der Waals surface area contributed by atoms with E-state index in [1.165, 1.54) is 0 Å². The van der Waals surface area contributed by atoms with Crippen molar-refractivity contribution in [2.24, 2.45) is 0 Å². The minimum atomic E-state index is 0.393. The second kappa shape index (κ2) is 7.97. The Hall–Kier alpha value is -0.0301. The molecule has 0 fully saturated rings. The summed E-state index contributed by atoms with van der Waals surface area (Å²) in [7, 11) is 1.26. The van der Waals surface area contributed by atoms with Crippen LogP contribution < -0.4 is 0 Å². The van der Waals surface area contributed by atoms with Gasteiger partial charge in [-0.2, -0.15) is 0 Å². The van der Waals surface area contributed by atoms with Crippen LogP contribution in [0.25, 0.3) is 0 Å². The van der Waals surface area contributed by atoms with Crippen molar-refractivity contribution in [2.45, 2.75) is 6.42 Å². The van der Waals surface area contributed by atoms with Gasteiger partial charge in [0.15, 0.2) is 0 Å². The quantitative estimate of drug-likeness (QED) is 0.337. The molecule has 4 nitrogen and oxygen atoms in total. The lowest BCUT2D eigenvalue weighted by Gasteiger charge is -1.97. The molecule has 2 radical (unpaired) electrons. The van der Waals surface area contributed by atoms with E-state index in [9.17, 15) is 0 Å². The van der Waals surface area contributed by atoms with Crippen LogP contribution in [-0.2, 0) is 9.31 Å². The highest BCUT2D eigenvalue weighted by atomic mass is 16.5. The van der Waals surface area contributed by atoms with Crippen molar-refractivity contribution in [3.8, 4) is 0 Å². The fraction of sp³-hybridized carbons (Fsp3) is 1.00. The molecule has 0 saturated heterocycles. The summed E-state index contributed by atoms with van der Waals surface area (Å²) in [6, 6.07) is 0. The average Bonchev–Trinajstić information content (AvgIpc) is 1.89. The standard InChI is InChI=1S/C3H8B2O4/c6-4-8-2-1-3-9-5-7/h6-7H,1-3H2. The molecule has 9 heavy (non-hydrogen) atoms. The summed E-state index contributed by atoms with van der Waals surface area (Å²) < 4.78 is 8.87. The largest absolute Gasteiger partial charge is 0.485 e. The molecule has 0 aromatic rings. The summed E-state index contributed by atoms with van der Waals surface area (Å²) >= 11 is 0. The molecule has 0 aromatic carbocycles. The Morgan fingerprint density at radius 2 is 1.44 bits per heavy atom. The Morgan fingerprint density at radius 3 is 1.78 bits per heavy atom. The maximum absolute atomic E-state index is 7.98. The Morgan fingerprint density at radius 1 is 1.00 bits per heavy atom. The molecule has 0 aliphatic rings. The molecule has 0 amide bonds. The lowest BCUT2D eigenvalue weighted by atomic mass is 10.3. The number of hydrogen-bond acceptors (Lipinski definition) is 4. The third kappa shape index (κ3) is 7.97. The monoisotopic (exact) mass is 130 g/mol. The normalized spacial score (nSPS) is 9.11. The third-order valence-corrected chi connectivity index (χ3v) is 0.673. The highest BCUT2D eigenvalue weighted by Crippen LogP contribution is 1.80. The summed E-state index contributed by atoms with van der Waals surface area (Å²) in [6.45, 7) is 0.786. The molecule has 2 N–H and O–H groups in total. The van der Waals surface area contributed by atoms with Gasteiger partial charge in [0.25, 0.3) is 0 Å². The van der Waals surface area contributed by atoms with E-state index in [1.807, 2.05) is 0 Å². The first-order valence-corrected chi connectivity index (χ1v) is 2.57. The van der Waals surface area contributed by atoms with Crippen molar-refractivity contribution in [3.05, 3.63) is 0 Å². The van der Waals surface area contributed by atoms with Crippen LogP contribution >= 0.6 is 0 Å². The predicted octanol–water partition coefficient (Wildman–Crippen LogP) is -1.54. The van der Waals surface area contributed by atoms with Crippen molar-refractivity contribution in [1.29, 1.82) is 0 Å². The Bertz CT molecular complexity index is 47.1. The summed E-state index contributed by atoms with van der Waals surface area (Å²) in [5.41, 5.74) is 0. The molecule has 0 saturated carbocycles. The summed E-state index contributed by atoms with van der Waals surface area (Å²) in [6.07, 6.45) is 0.633. The van der Waals surface area contributed by atoms with Gasteiger partial charge in [-0.05, 0) is 6.42 Å². The lowest BCUT2D eigenvalue weighted by molar-refractivity contribution is 0.223. The van der Waals surface area contributed by atoms with Crippen LogP contribution in [-0.4, -0.2) is 38.6 Å². The van der Waals surface area contributed by atoms with Crippen molar-refractivity contribution >= 4 is 15.4 Å². The van der Waals surface area contributed by atoms with E-state index in [0.29, 0.717) is 35.0 Å². The summed E-state index contributed by atoms with van der Waals surface area (Å²) in [5, 5.41) is 16.0. The second-order valence-electron chi connectivity index (χ2n) is 1.31. The molecule has 0 aromatic heterocycles. The zero-order valence-electron chi connectivity index (χ0n) is 4.99. The highest BCUT2D eigenvalue weighted by molar-refractivity contribution is 6.16. The number of rotatable bonds is 6. The van der Waals surface area contributed by atoms with Crippen molar-refractivity contribution in [2.75, 3.05) is 13.2 Å². The highest BCUT2D eigenvalue weighted by Gasteiger charge is 1.89. The van der Waals surface area contributed by atoms with Crippen LogP contribution in [0.4, 0.5) is 0 Å². The van der Waals surface area contributed by atoms with Gasteiger partial charge in [0.05, 0.1) is 0 Å². The van der Waals surface area contributed by atoms with E-state index < -0.39 is 0 Å². The van der Waals surface area contributed by atoms with E-state index in [-0.39, 0.29) is 0 Å². The zero-order valence-corrected chi connectivity index (χ0v) is 4.99. The van der Waals surface area contributed by atoms with Crippen LogP contribution in [0.1, 0.15) is 6.42 Å². The predicted molar refractivity (Wildman–Crippen MR) is 32.5 cm³/mol. The Balaban J connectivity index is 2.60. The molecule has 0 bridgehead atoms. The topological polar surface area (TPSA) is 58.9 Å². The fourth-order valence-corrected chi connectivity index (χ4v) is 0.331. The first-order chi connectivity index (χ1) is 4.41. The molecule has 0 aliphatic heterocycles. The van der Waals surface area contributed by atoms with Gasteiger partial charge in [0.2, 0.25) is 0 Å². The molecule has 0 unspecified atom stereocenters. The SMILES string of the molecule is O[B]OCCCO[B]O. The molecular weight excluding hydrogens is 122 g/mol. The maximum atomic E-state index is 7.98. The maximum Gasteiger partial charge on any atom is 0.485 e. The minimum absolute atomic E-state index is 0.393.